The van der Waals surface area contributed by atoms with Gasteiger partial charge in [0.2, 0.25) is 0 Å². The Labute approximate surface area is 168 Å². The standard InChI is InChI=1S/C22H19NO2.C2H4O2/c24-22(25-21-13-5-8-16-7-1-2-11-19(16)21)14-6-9-17-15-23-20-12-4-3-10-18(17)20;1-2(3)4/h1-5,7-8,10-13,15,23H,6,9,14H2;1H3,(H,3,4). The maximum absolute atomic E-state index is 12.2. The van der Waals surface area contributed by atoms with Crippen molar-refractivity contribution in [3.63, 3.8) is 0 Å². The van der Waals surface area contributed by atoms with Gasteiger partial charge in [0, 0.05) is 35.8 Å². The lowest BCUT2D eigenvalue weighted by atomic mass is 10.1. The number of rotatable bonds is 5. The third kappa shape index (κ3) is 5.45. The monoisotopic (exact) mass is 389 g/mol. The Kier molecular flexibility index (Phi) is 6.63. The number of aliphatic carboxylic acids is 1. The highest BCUT2D eigenvalue weighted by atomic mass is 16.5. The molecule has 0 radical (unpaired) electrons. The second-order valence-corrected chi connectivity index (χ2v) is 6.68. The van der Waals surface area contributed by atoms with Crippen LogP contribution in [-0.4, -0.2) is 22.0 Å². The molecule has 0 aliphatic carbocycles. The van der Waals surface area contributed by atoms with Crippen LogP contribution in [0.15, 0.2) is 72.9 Å². The highest BCUT2D eigenvalue weighted by molar-refractivity contribution is 5.90. The van der Waals surface area contributed by atoms with Crippen molar-refractivity contribution in [3.8, 4) is 5.75 Å². The quantitative estimate of drug-likeness (QED) is 0.357. The smallest absolute Gasteiger partial charge is 0.311 e. The van der Waals surface area contributed by atoms with Gasteiger partial charge in [-0.1, -0.05) is 54.6 Å². The number of fused-ring (bicyclic) bond motifs is 2. The number of aromatic amines is 1. The molecule has 1 heterocycles. The number of hydrogen-bond donors (Lipinski definition) is 2. The molecule has 4 rings (SSSR count). The van der Waals surface area contributed by atoms with Gasteiger partial charge >= 0.3 is 5.97 Å². The number of H-pyrrole nitrogens is 1. The van der Waals surface area contributed by atoms with Gasteiger partial charge in [-0.25, -0.2) is 0 Å². The molecular formula is C24H23NO4. The predicted octanol–water partition coefficient (Wildman–Crippen LogP) is 5.34. The van der Waals surface area contributed by atoms with E-state index in [4.69, 9.17) is 14.6 Å². The van der Waals surface area contributed by atoms with Gasteiger partial charge in [0.25, 0.3) is 5.97 Å². The summed E-state index contributed by atoms with van der Waals surface area (Å²) >= 11 is 0. The zero-order valence-electron chi connectivity index (χ0n) is 16.2. The third-order valence-electron chi connectivity index (χ3n) is 4.48. The van der Waals surface area contributed by atoms with E-state index in [1.54, 1.807) is 0 Å². The van der Waals surface area contributed by atoms with E-state index in [1.807, 2.05) is 60.8 Å². The van der Waals surface area contributed by atoms with Gasteiger partial charge in [-0.3, -0.25) is 9.59 Å². The fraction of sp³-hybridized carbons (Fsp3) is 0.167. The summed E-state index contributed by atoms with van der Waals surface area (Å²) in [6.07, 6.45) is 4.06. The molecule has 5 nitrogen and oxygen atoms in total. The van der Waals surface area contributed by atoms with Crippen LogP contribution in [0.4, 0.5) is 0 Å². The number of aromatic nitrogens is 1. The summed E-state index contributed by atoms with van der Waals surface area (Å²) in [6, 6.07) is 21.9. The molecule has 0 unspecified atom stereocenters. The SMILES string of the molecule is CC(=O)O.O=C(CCCc1c[nH]c2ccccc12)Oc1cccc2ccccc12. The first kappa shape index (κ1) is 20.1. The van der Waals surface area contributed by atoms with Crippen LogP contribution in [0.1, 0.15) is 25.3 Å². The van der Waals surface area contributed by atoms with Crippen molar-refractivity contribution in [2.45, 2.75) is 26.2 Å². The summed E-state index contributed by atoms with van der Waals surface area (Å²) in [7, 11) is 0. The van der Waals surface area contributed by atoms with Crippen molar-refractivity contribution in [1.82, 2.24) is 4.98 Å². The second kappa shape index (κ2) is 9.55. The van der Waals surface area contributed by atoms with Crippen LogP contribution < -0.4 is 4.74 Å². The molecule has 0 amide bonds. The van der Waals surface area contributed by atoms with E-state index < -0.39 is 5.97 Å². The molecule has 5 heteroatoms. The van der Waals surface area contributed by atoms with Crippen LogP contribution in [0.3, 0.4) is 0 Å². The maximum Gasteiger partial charge on any atom is 0.311 e. The van der Waals surface area contributed by atoms with Gasteiger partial charge in [0.05, 0.1) is 0 Å². The first-order chi connectivity index (χ1) is 14.0. The number of carbonyl (C=O) groups is 2. The van der Waals surface area contributed by atoms with E-state index in [9.17, 15) is 4.79 Å². The lowest BCUT2D eigenvalue weighted by Gasteiger charge is -2.07. The summed E-state index contributed by atoms with van der Waals surface area (Å²) < 4.78 is 5.59. The molecule has 0 atom stereocenters. The van der Waals surface area contributed by atoms with Gasteiger partial charge in [0.15, 0.2) is 0 Å². The molecule has 148 valence electrons. The molecule has 0 spiro atoms. The Hall–Kier alpha value is -3.60. The number of hydrogen-bond acceptors (Lipinski definition) is 3. The Balaban J connectivity index is 0.000000552. The van der Waals surface area contributed by atoms with Gasteiger partial charge < -0.3 is 14.8 Å². The summed E-state index contributed by atoms with van der Waals surface area (Å²) in [5.41, 5.74) is 2.38. The van der Waals surface area contributed by atoms with Crippen LogP contribution in [-0.2, 0) is 16.0 Å². The molecule has 0 aliphatic rings. The summed E-state index contributed by atoms with van der Waals surface area (Å²) in [6.45, 7) is 1.08. The van der Waals surface area contributed by atoms with Crippen LogP contribution >= 0.6 is 0 Å². The normalized spacial score (nSPS) is 10.4. The largest absolute Gasteiger partial charge is 0.481 e. The average molecular weight is 389 g/mol. The number of benzene rings is 3. The van der Waals surface area contributed by atoms with E-state index in [0.29, 0.717) is 12.2 Å². The third-order valence-corrected chi connectivity index (χ3v) is 4.48. The molecule has 29 heavy (non-hydrogen) atoms. The number of esters is 1. The fourth-order valence-electron chi connectivity index (χ4n) is 3.22. The zero-order valence-corrected chi connectivity index (χ0v) is 16.2. The molecule has 0 bridgehead atoms. The van der Waals surface area contributed by atoms with Gasteiger partial charge in [-0.15, -0.1) is 0 Å². The molecule has 3 aromatic carbocycles. The van der Waals surface area contributed by atoms with Crippen molar-refractivity contribution >= 4 is 33.6 Å². The molecule has 2 N–H and O–H groups in total. The van der Waals surface area contributed by atoms with Gasteiger partial charge in [-0.2, -0.15) is 0 Å². The molecule has 0 saturated heterocycles. The summed E-state index contributed by atoms with van der Waals surface area (Å²) in [5, 5.41) is 10.7. The molecular weight excluding hydrogens is 366 g/mol. The van der Waals surface area contributed by atoms with Crippen LogP contribution in [0.25, 0.3) is 21.7 Å². The Morgan fingerprint density at radius 2 is 1.59 bits per heavy atom. The Morgan fingerprint density at radius 1 is 0.931 bits per heavy atom. The maximum atomic E-state index is 12.2. The van der Waals surface area contributed by atoms with Crippen LogP contribution in [0.2, 0.25) is 0 Å². The summed E-state index contributed by atoms with van der Waals surface area (Å²) in [5.74, 6) is -0.383. The average Bonchev–Trinajstić information content (AvgIpc) is 3.11. The molecule has 4 aromatic rings. The predicted molar refractivity (Wildman–Crippen MR) is 114 cm³/mol. The van der Waals surface area contributed by atoms with Gasteiger partial charge in [-0.05, 0) is 35.9 Å². The van der Waals surface area contributed by atoms with E-state index in [2.05, 4.69) is 17.1 Å². The number of ether oxygens (including phenoxy) is 1. The van der Waals surface area contributed by atoms with Crippen molar-refractivity contribution in [2.24, 2.45) is 0 Å². The number of aryl methyl sites for hydroxylation is 1. The Morgan fingerprint density at radius 3 is 2.38 bits per heavy atom. The van der Waals surface area contributed by atoms with Gasteiger partial charge in [0.1, 0.15) is 5.75 Å². The van der Waals surface area contributed by atoms with Crippen molar-refractivity contribution in [2.75, 3.05) is 0 Å². The highest BCUT2D eigenvalue weighted by Crippen LogP contribution is 2.26. The van der Waals surface area contributed by atoms with Crippen LogP contribution in [0.5, 0.6) is 5.75 Å². The first-order valence-electron chi connectivity index (χ1n) is 9.47. The lowest BCUT2D eigenvalue weighted by molar-refractivity contribution is -0.135. The van der Waals surface area contributed by atoms with Crippen molar-refractivity contribution < 1.29 is 19.4 Å². The van der Waals surface area contributed by atoms with Crippen molar-refractivity contribution in [1.29, 1.82) is 0 Å². The fourth-order valence-corrected chi connectivity index (χ4v) is 3.22. The number of carboxylic acids is 1. The summed E-state index contributed by atoms with van der Waals surface area (Å²) in [4.78, 5) is 24.5. The minimum atomic E-state index is -0.833. The second-order valence-electron chi connectivity index (χ2n) is 6.68. The molecule has 0 aliphatic heterocycles. The molecule has 0 fully saturated rings. The Bertz CT molecular complexity index is 1120. The number of carboxylic acid groups (broad SMARTS) is 1. The molecule has 1 aromatic heterocycles. The minimum Gasteiger partial charge on any atom is -0.481 e. The van der Waals surface area contributed by atoms with Crippen molar-refractivity contribution in [3.05, 3.63) is 78.5 Å². The lowest BCUT2D eigenvalue weighted by Crippen LogP contribution is -2.08. The molecule has 0 saturated carbocycles. The highest BCUT2D eigenvalue weighted by Gasteiger charge is 2.09. The van der Waals surface area contributed by atoms with E-state index in [0.717, 1.165) is 36.1 Å². The number of nitrogens with one attached hydrogen (secondary N) is 1. The topological polar surface area (TPSA) is 79.4 Å². The number of carbonyl (C=O) groups excluding carboxylic acids is 1. The van der Waals surface area contributed by atoms with E-state index in [-0.39, 0.29) is 5.97 Å². The zero-order chi connectivity index (χ0) is 20.6. The van der Waals surface area contributed by atoms with Crippen LogP contribution in [0, 0.1) is 0 Å². The number of para-hydroxylation sites is 1. The van der Waals surface area contributed by atoms with E-state index >= 15 is 0 Å². The minimum absolute atomic E-state index is 0.184. The van der Waals surface area contributed by atoms with E-state index in [1.165, 1.54) is 10.9 Å². The first-order valence-corrected chi connectivity index (χ1v) is 9.47.